The van der Waals surface area contributed by atoms with E-state index >= 15 is 0 Å². The molecule has 4 nitrogen and oxygen atoms in total. The zero-order valence-corrected chi connectivity index (χ0v) is 36.0. The molecule has 0 unspecified atom stereocenters. The highest BCUT2D eigenvalue weighted by Gasteiger charge is 2.62. The molecule has 4 aliphatic rings. The molecule has 272 valence electrons. The molecule has 0 aromatic heterocycles. The standard InChI is InChI=1S/C40H74O4SSi2/c1-16-40(42,17-2)22-23-45-27(3)35-33(41)26-32-30-19-18-28-24-29(43-46(12,13)36(4,5)6)25-34(44-47(14,15)37(7,8)9)39(28,11)31(30)20-21-38(32,35)10/h18-19,27,29,31-35,41-42H,16-17,20-26H2,1-15H3/t27-,29-,31+,32+,33+,34+,35+,38+,39+/m1/s1. The van der Waals surface area contributed by atoms with E-state index in [9.17, 15) is 10.2 Å². The Labute approximate surface area is 297 Å². The van der Waals surface area contributed by atoms with Gasteiger partial charge in [0.05, 0.1) is 23.9 Å². The van der Waals surface area contributed by atoms with E-state index in [2.05, 4.69) is 115 Å². The first-order chi connectivity index (χ1) is 21.4. The van der Waals surface area contributed by atoms with Gasteiger partial charge in [-0.05, 0) is 111 Å². The van der Waals surface area contributed by atoms with Gasteiger partial charge in [-0.15, -0.1) is 0 Å². The summed E-state index contributed by atoms with van der Waals surface area (Å²) >= 11 is 1.97. The van der Waals surface area contributed by atoms with E-state index in [-0.39, 0.29) is 45.1 Å². The fourth-order valence-corrected chi connectivity index (χ4v) is 13.8. The van der Waals surface area contributed by atoms with Crippen LogP contribution in [0.2, 0.25) is 36.3 Å². The van der Waals surface area contributed by atoms with E-state index in [1.807, 2.05) is 11.8 Å². The van der Waals surface area contributed by atoms with Gasteiger partial charge in [0.15, 0.2) is 16.6 Å². The Bertz CT molecular complexity index is 1180. The number of aliphatic hydroxyl groups is 2. The van der Waals surface area contributed by atoms with Gasteiger partial charge in [0, 0.05) is 16.6 Å². The number of rotatable bonds is 11. The average Bonchev–Trinajstić information content (AvgIpc) is 3.21. The molecule has 0 heterocycles. The lowest BCUT2D eigenvalue weighted by Gasteiger charge is -2.59. The molecule has 47 heavy (non-hydrogen) atoms. The van der Waals surface area contributed by atoms with E-state index in [0.29, 0.717) is 17.1 Å². The van der Waals surface area contributed by atoms with Crippen molar-refractivity contribution in [2.75, 3.05) is 5.75 Å². The number of fused-ring (bicyclic) bond motifs is 5. The van der Waals surface area contributed by atoms with Crippen LogP contribution in [0.4, 0.5) is 0 Å². The van der Waals surface area contributed by atoms with Crippen LogP contribution in [0, 0.1) is 28.6 Å². The molecule has 0 bridgehead atoms. The molecule has 3 fully saturated rings. The maximum Gasteiger partial charge on any atom is 0.192 e. The average molecular weight is 707 g/mol. The van der Waals surface area contributed by atoms with Gasteiger partial charge in [-0.1, -0.05) is 99.5 Å². The molecule has 0 amide bonds. The van der Waals surface area contributed by atoms with Crippen molar-refractivity contribution >= 4 is 28.4 Å². The predicted molar refractivity (Wildman–Crippen MR) is 208 cm³/mol. The third-order valence-electron chi connectivity index (χ3n) is 15.0. The van der Waals surface area contributed by atoms with Crippen molar-refractivity contribution in [3.05, 3.63) is 23.3 Å². The van der Waals surface area contributed by atoms with Crippen LogP contribution in [0.15, 0.2) is 23.3 Å². The lowest BCUT2D eigenvalue weighted by atomic mass is 9.49. The first-order valence-electron chi connectivity index (χ1n) is 19.2. The Morgan fingerprint density at radius 2 is 1.49 bits per heavy atom. The second-order valence-corrected chi connectivity index (χ2v) is 30.7. The lowest BCUT2D eigenvalue weighted by molar-refractivity contribution is -0.0438. The van der Waals surface area contributed by atoms with Crippen LogP contribution < -0.4 is 0 Å². The van der Waals surface area contributed by atoms with Crippen LogP contribution in [-0.2, 0) is 8.85 Å². The van der Waals surface area contributed by atoms with Crippen LogP contribution in [-0.4, -0.2) is 61.8 Å². The summed E-state index contributed by atoms with van der Waals surface area (Å²) in [7, 11) is -4.00. The Hall–Kier alpha value is 0.104. The summed E-state index contributed by atoms with van der Waals surface area (Å²) in [6.45, 7) is 35.4. The molecule has 3 saturated carbocycles. The molecule has 0 aliphatic heterocycles. The Balaban J connectivity index is 1.66. The first kappa shape index (κ1) is 39.9. The molecular formula is C40H74O4SSi2. The summed E-state index contributed by atoms with van der Waals surface area (Å²) in [6, 6.07) is 0. The van der Waals surface area contributed by atoms with Crippen molar-refractivity contribution in [2.45, 2.75) is 193 Å². The van der Waals surface area contributed by atoms with Crippen LogP contribution in [0.1, 0.15) is 128 Å². The summed E-state index contributed by atoms with van der Waals surface area (Å²) in [5.41, 5.74) is 2.59. The smallest absolute Gasteiger partial charge is 0.192 e. The maximum absolute atomic E-state index is 11.8. The highest BCUT2D eigenvalue weighted by molar-refractivity contribution is 7.99. The molecule has 9 atom stereocenters. The molecule has 0 aromatic rings. The highest BCUT2D eigenvalue weighted by atomic mass is 32.2. The Morgan fingerprint density at radius 3 is 2.04 bits per heavy atom. The summed E-state index contributed by atoms with van der Waals surface area (Å²) in [6.07, 6.45) is 12.6. The fraction of sp³-hybridized carbons (Fsp3) is 0.900. The zero-order valence-electron chi connectivity index (χ0n) is 33.2. The van der Waals surface area contributed by atoms with Crippen LogP contribution in [0.5, 0.6) is 0 Å². The van der Waals surface area contributed by atoms with E-state index in [0.717, 1.165) is 57.1 Å². The third-order valence-corrected chi connectivity index (χ3v) is 25.3. The monoisotopic (exact) mass is 706 g/mol. The summed E-state index contributed by atoms with van der Waals surface area (Å²) in [5.74, 6) is 2.06. The molecule has 4 aliphatic carbocycles. The van der Waals surface area contributed by atoms with Gasteiger partial charge in [0.25, 0.3) is 0 Å². The summed E-state index contributed by atoms with van der Waals surface area (Å²) in [5, 5.41) is 23.3. The Morgan fingerprint density at radius 1 is 0.915 bits per heavy atom. The van der Waals surface area contributed by atoms with Gasteiger partial charge in [-0.3, -0.25) is 0 Å². The van der Waals surface area contributed by atoms with Gasteiger partial charge >= 0.3 is 0 Å². The molecule has 0 aromatic carbocycles. The summed E-state index contributed by atoms with van der Waals surface area (Å²) in [4.78, 5) is 0. The van der Waals surface area contributed by atoms with Crippen LogP contribution >= 0.6 is 11.8 Å². The van der Waals surface area contributed by atoms with Crippen molar-refractivity contribution in [2.24, 2.45) is 28.6 Å². The second-order valence-electron chi connectivity index (χ2n) is 19.7. The van der Waals surface area contributed by atoms with Crippen molar-refractivity contribution in [1.29, 1.82) is 0 Å². The number of thioether (sulfide) groups is 1. The number of aliphatic hydroxyl groups excluding tert-OH is 1. The van der Waals surface area contributed by atoms with Gasteiger partial charge < -0.3 is 19.1 Å². The molecule has 0 saturated heterocycles. The highest BCUT2D eigenvalue weighted by Crippen LogP contribution is 2.67. The maximum atomic E-state index is 11.8. The van der Waals surface area contributed by atoms with Crippen LogP contribution in [0.3, 0.4) is 0 Å². The third kappa shape index (κ3) is 7.40. The van der Waals surface area contributed by atoms with Gasteiger partial charge in [-0.25, -0.2) is 0 Å². The number of allylic oxidation sites excluding steroid dienone is 3. The predicted octanol–water partition coefficient (Wildman–Crippen LogP) is 10.9. The van der Waals surface area contributed by atoms with E-state index in [1.165, 1.54) is 5.57 Å². The zero-order chi connectivity index (χ0) is 35.6. The lowest BCUT2D eigenvalue weighted by Crippen LogP contribution is -2.58. The van der Waals surface area contributed by atoms with E-state index < -0.39 is 22.2 Å². The first-order valence-corrected chi connectivity index (χ1v) is 26.0. The Kier molecular flexibility index (Phi) is 11.5. The van der Waals surface area contributed by atoms with Gasteiger partial charge in [0.1, 0.15) is 0 Å². The second kappa shape index (κ2) is 13.6. The van der Waals surface area contributed by atoms with Gasteiger partial charge in [0.2, 0.25) is 0 Å². The molecular weight excluding hydrogens is 633 g/mol. The topological polar surface area (TPSA) is 58.9 Å². The largest absolute Gasteiger partial charge is 0.414 e. The molecule has 4 rings (SSSR count). The minimum atomic E-state index is -2.06. The normalized spacial score (nSPS) is 35.9. The van der Waals surface area contributed by atoms with Crippen molar-refractivity contribution in [1.82, 2.24) is 0 Å². The number of hydrogen-bond donors (Lipinski definition) is 2. The van der Waals surface area contributed by atoms with Crippen LogP contribution in [0.25, 0.3) is 0 Å². The van der Waals surface area contributed by atoms with Crippen molar-refractivity contribution in [3.8, 4) is 0 Å². The minimum Gasteiger partial charge on any atom is -0.414 e. The number of hydrogen-bond acceptors (Lipinski definition) is 5. The SMILES string of the molecule is CCC(O)(CC)CCS[C@H](C)[C@H]1[C@@H](O)C[C@H]2C3=CC=C4C[C@@H](O[Si](C)(C)C(C)(C)C)C[C@H](O[Si](C)(C)C(C)(C)C)[C@]4(C)[C@H]3CC[C@]12C. The van der Waals surface area contributed by atoms with E-state index in [1.54, 1.807) is 5.57 Å². The van der Waals surface area contributed by atoms with Crippen molar-refractivity contribution in [3.63, 3.8) is 0 Å². The van der Waals surface area contributed by atoms with Gasteiger partial charge in [-0.2, -0.15) is 11.8 Å². The molecule has 7 heteroatoms. The minimum absolute atomic E-state index is 0.0532. The molecule has 0 spiro atoms. The fourth-order valence-electron chi connectivity index (χ4n) is 9.44. The molecule has 0 radical (unpaired) electrons. The summed E-state index contributed by atoms with van der Waals surface area (Å²) < 4.78 is 14.7. The van der Waals surface area contributed by atoms with Crippen molar-refractivity contribution < 1.29 is 19.1 Å². The quantitative estimate of drug-likeness (QED) is 0.210. The van der Waals surface area contributed by atoms with E-state index in [4.69, 9.17) is 8.85 Å². The molecule has 2 N–H and O–H groups in total.